The first-order valence-electron chi connectivity index (χ1n) is 3.69. The lowest BCUT2D eigenvalue weighted by Crippen LogP contribution is -2.25. The second kappa shape index (κ2) is 4.95. The molecule has 72 valence electrons. The smallest absolute Gasteiger partial charge is 0.450 e. The van der Waals surface area contributed by atoms with Gasteiger partial charge in [0.15, 0.2) is 0 Å². The van der Waals surface area contributed by atoms with Crippen LogP contribution in [0.25, 0.3) is 0 Å². The Morgan fingerprint density at radius 1 is 1.42 bits per heavy atom. The van der Waals surface area contributed by atoms with Crippen LogP contribution in [0.15, 0.2) is 0 Å². The van der Waals surface area contributed by atoms with Crippen molar-refractivity contribution in [3.63, 3.8) is 0 Å². The molecular weight excluding hydrogens is 164 g/mol. The minimum Gasteiger partial charge on any atom is -0.450 e. The maximum atomic E-state index is 9.90. The fourth-order valence-corrected chi connectivity index (χ4v) is 0.643. The standard InChI is InChI=1S/C7H14O5/c1-4(2)5(8)3-6(9)12-7(10)11/h4-6,8-9H,3H2,1-2H3,(H,10,11). The molecule has 0 radical (unpaired) electrons. The van der Waals surface area contributed by atoms with Crippen molar-refractivity contribution in [2.45, 2.75) is 32.7 Å². The highest BCUT2D eigenvalue weighted by Crippen LogP contribution is 2.08. The summed E-state index contributed by atoms with van der Waals surface area (Å²) in [6.45, 7) is 3.52. The first-order chi connectivity index (χ1) is 5.43. The number of ether oxygens (including phenoxy) is 1. The van der Waals surface area contributed by atoms with Crippen LogP contribution in [0.2, 0.25) is 0 Å². The molecule has 12 heavy (non-hydrogen) atoms. The summed E-state index contributed by atoms with van der Waals surface area (Å²) < 4.78 is 3.98. The Bertz CT molecular complexity index is 145. The zero-order valence-corrected chi connectivity index (χ0v) is 7.10. The van der Waals surface area contributed by atoms with Gasteiger partial charge in [0.05, 0.1) is 6.10 Å². The van der Waals surface area contributed by atoms with Gasteiger partial charge in [-0.15, -0.1) is 0 Å². The molecule has 5 heteroatoms. The molecule has 0 aromatic carbocycles. The summed E-state index contributed by atoms with van der Waals surface area (Å²) in [7, 11) is 0. The van der Waals surface area contributed by atoms with Gasteiger partial charge in [-0.1, -0.05) is 13.8 Å². The number of hydrogen-bond donors (Lipinski definition) is 3. The predicted molar refractivity (Wildman–Crippen MR) is 40.6 cm³/mol. The van der Waals surface area contributed by atoms with Crippen LogP contribution in [0.3, 0.4) is 0 Å². The number of aliphatic hydroxyl groups excluding tert-OH is 2. The highest BCUT2D eigenvalue weighted by molar-refractivity contribution is 5.56. The third-order valence-electron chi connectivity index (χ3n) is 1.45. The second-order valence-electron chi connectivity index (χ2n) is 2.89. The molecular formula is C7H14O5. The summed E-state index contributed by atoms with van der Waals surface area (Å²) in [4.78, 5) is 9.90. The fraction of sp³-hybridized carbons (Fsp3) is 0.857. The minimum atomic E-state index is -1.54. The van der Waals surface area contributed by atoms with Crippen LogP contribution in [-0.2, 0) is 4.74 Å². The zero-order chi connectivity index (χ0) is 9.72. The maximum absolute atomic E-state index is 9.90. The topological polar surface area (TPSA) is 87.0 Å². The molecule has 0 aromatic rings. The van der Waals surface area contributed by atoms with Crippen LogP contribution in [-0.4, -0.2) is 33.9 Å². The number of rotatable bonds is 4. The third kappa shape index (κ3) is 4.92. The molecule has 0 bridgehead atoms. The van der Waals surface area contributed by atoms with Crippen molar-refractivity contribution in [1.82, 2.24) is 0 Å². The van der Waals surface area contributed by atoms with Crippen molar-refractivity contribution in [1.29, 1.82) is 0 Å². The lowest BCUT2D eigenvalue weighted by Gasteiger charge is -2.17. The van der Waals surface area contributed by atoms with E-state index in [1.807, 2.05) is 0 Å². The number of carboxylic acid groups (broad SMARTS) is 1. The van der Waals surface area contributed by atoms with Crippen molar-refractivity contribution < 1.29 is 24.9 Å². The first kappa shape index (κ1) is 11.2. The van der Waals surface area contributed by atoms with E-state index >= 15 is 0 Å². The SMILES string of the molecule is CC(C)C(O)CC(O)OC(=O)O. The van der Waals surface area contributed by atoms with E-state index < -0.39 is 18.5 Å². The lowest BCUT2D eigenvalue weighted by atomic mass is 10.0. The summed E-state index contributed by atoms with van der Waals surface area (Å²) in [5.74, 6) is -0.0305. The van der Waals surface area contributed by atoms with Gasteiger partial charge in [0.2, 0.25) is 6.29 Å². The van der Waals surface area contributed by atoms with Crippen molar-refractivity contribution in [3.8, 4) is 0 Å². The molecule has 0 aliphatic carbocycles. The van der Waals surface area contributed by atoms with Crippen LogP contribution < -0.4 is 0 Å². The monoisotopic (exact) mass is 178 g/mol. The highest BCUT2D eigenvalue weighted by atomic mass is 16.7. The Labute approximate surface area is 70.6 Å². The van der Waals surface area contributed by atoms with Crippen LogP contribution >= 0.6 is 0 Å². The number of hydrogen-bond acceptors (Lipinski definition) is 4. The van der Waals surface area contributed by atoms with Crippen LogP contribution in [0, 0.1) is 5.92 Å². The molecule has 0 saturated carbocycles. The normalized spacial score (nSPS) is 15.8. The van der Waals surface area contributed by atoms with Crippen molar-refractivity contribution in [3.05, 3.63) is 0 Å². The summed E-state index contributed by atoms with van der Waals surface area (Å²) >= 11 is 0. The third-order valence-corrected chi connectivity index (χ3v) is 1.45. The van der Waals surface area contributed by atoms with Gasteiger partial charge in [0, 0.05) is 6.42 Å². The fourth-order valence-electron chi connectivity index (χ4n) is 0.643. The van der Waals surface area contributed by atoms with E-state index in [0.717, 1.165) is 0 Å². The van der Waals surface area contributed by atoms with Crippen LogP contribution in [0.4, 0.5) is 4.79 Å². The van der Waals surface area contributed by atoms with Gasteiger partial charge in [0.25, 0.3) is 0 Å². The average molecular weight is 178 g/mol. The zero-order valence-electron chi connectivity index (χ0n) is 7.10. The second-order valence-corrected chi connectivity index (χ2v) is 2.89. The number of carbonyl (C=O) groups is 1. The minimum absolute atomic E-state index is 0.0305. The number of aliphatic hydroxyl groups is 2. The van der Waals surface area contributed by atoms with Crippen LogP contribution in [0.1, 0.15) is 20.3 Å². The average Bonchev–Trinajstić information content (AvgIpc) is 1.84. The predicted octanol–water partition coefficient (Wildman–Crippen LogP) is 0.406. The molecule has 5 nitrogen and oxygen atoms in total. The van der Waals surface area contributed by atoms with Gasteiger partial charge in [0.1, 0.15) is 0 Å². The molecule has 0 aliphatic heterocycles. The van der Waals surface area contributed by atoms with E-state index in [2.05, 4.69) is 4.74 Å². The molecule has 3 N–H and O–H groups in total. The Morgan fingerprint density at radius 3 is 2.25 bits per heavy atom. The van der Waals surface area contributed by atoms with E-state index in [0.29, 0.717) is 0 Å². The molecule has 2 atom stereocenters. The highest BCUT2D eigenvalue weighted by Gasteiger charge is 2.17. The van der Waals surface area contributed by atoms with Gasteiger partial charge < -0.3 is 20.1 Å². The molecule has 0 heterocycles. The van der Waals surface area contributed by atoms with E-state index in [4.69, 9.17) is 10.2 Å². The van der Waals surface area contributed by atoms with Gasteiger partial charge in [-0.2, -0.15) is 0 Å². The summed E-state index contributed by atoms with van der Waals surface area (Å²) in [6.07, 6.45) is -3.83. The Kier molecular flexibility index (Phi) is 4.61. The Morgan fingerprint density at radius 2 is 1.92 bits per heavy atom. The molecule has 0 aromatic heterocycles. The molecule has 0 spiro atoms. The maximum Gasteiger partial charge on any atom is 0.508 e. The molecule has 0 fully saturated rings. The summed E-state index contributed by atoms with van der Waals surface area (Å²) in [5.41, 5.74) is 0. The van der Waals surface area contributed by atoms with Crippen molar-refractivity contribution in [2.24, 2.45) is 5.92 Å². The lowest BCUT2D eigenvalue weighted by molar-refractivity contribution is -0.0970. The van der Waals surface area contributed by atoms with Crippen LogP contribution in [0.5, 0.6) is 0 Å². The van der Waals surface area contributed by atoms with E-state index in [9.17, 15) is 9.90 Å². The van der Waals surface area contributed by atoms with Gasteiger partial charge in [-0.3, -0.25) is 0 Å². The largest absolute Gasteiger partial charge is 0.508 e. The van der Waals surface area contributed by atoms with Gasteiger partial charge in [-0.05, 0) is 5.92 Å². The molecule has 2 unspecified atom stereocenters. The summed E-state index contributed by atoms with van der Waals surface area (Å²) in [5, 5.41) is 26.1. The Balaban J connectivity index is 3.68. The van der Waals surface area contributed by atoms with Crippen molar-refractivity contribution >= 4 is 6.16 Å². The molecule has 0 aliphatic rings. The van der Waals surface area contributed by atoms with E-state index in [-0.39, 0.29) is 12.3 Å². The molecule has 0 saturated heterocycles. The van der Waals surface area contributed by atoms with E-state index in [1.54, 1.807) is 13.8 Å². The Hall–Kier alpha value is -0.810. The molecule has 0 amide bonds. The first-order valence-corrected chi connectivity index (χ1v) is 3.69. The summed E-state index contributed by atoms with van der Waals surface area (Å²) in [6, 6.07) is 0. The van der Waals surface area contributed by atoms with E-state index in [1.165, 1.54) is 0 Å². The molecule has 0 rings (SSSR count). The quantitative estimate of drug-likeness (QED) is 0.428. The van der Waals surface area contributed by atoms with Gasteiger partial charge >= 0.3 is 6.16 Å². The van der Waals surface area contributed by atoms with Crippen molar-refractivity contribution in [2.75, 3.05) is 0 Å². The van der Waals surface area contributed by atoms with Gasteiger partial charge in [-0.25, -0.2) is 4.79 Å².